The second-order valence-electron chi connectivity index (χ2n) is 9.46. The Bertz CT molecular complexity index is 1320. The molecule has 3 aromatic heterocycles. The third-order valence-electron chi connectivity index (χ3n) is 5.65. The zero-order valence-corrected chi connectivity index (χ0v) is 19.0. The van der Waals surface area contributed by atoms with Gasteiger partial charge in [0.2, 0.25) is 0 Å². The second-order valence-corrected chi connectivity index (χ2v) is 10.5. The van der Waals surface area contributed by atoms with Crippen LogP contribution in [0.15, 0.2) is 24.7 Å². The predicted octanol–water partition coefficient (Wildman–Crippen LogP) is 4.93. The summed E-state index contributed by atoms with van der Waals surface area (Å²) in [4.78, 5) is 22.5. The van der Waals surface area contributed by atoms with E-state index in [2.05, 4.69) is 46.3 Å². The average Bonchev–Trinajstić information content (AvgIpc) is 3.34. The molecular formula is C23H25N5O3S. The van der Waals surface area contributed by atoms with Crippen molar-refractivity contribution in [3.8, 4) is 5.75 Å². The molecule has 1 aliphatic carbocycles. The number of aliphatic carboxylic acids is 1. The van der Waals surface area contributed by atoms with Crippen LogP contribution in [0.4, 0.5) is 11.5 Å². The first-order valence-corrected chi connectivity index (χ1v) is 11.4. The Morgan fingerprint density at radius 1 is 1.34 bits per heavy atom. The number of aryl methyl sites for hydroxylation is 1. The Hall–Kier alpha value is -3.20. The lowest BCUT2D eigenvalue weighted by atomic mass is 9.88. The van der Waals surface area contributed by atoms with E-state index in [4.69, 9.17) is 4.74 Å². The molecule has 5 rings (SSSR count). The van der Waals surface area contributed by atoms with Crippen LogP contribution in [0, 0.1) is 11.3 Å². The molecule has 0 radical (unpaired) electrons. The van der Waals surface area contributed by atoms with Crippen LogP contribution in [-0.4, -0.2) is 37.8 Å². The van der Waals surface area contributed by atoms with E-state index in [1.54, 1.807) is 23.9 Å². The van der Waals surface area contributed by atoms with Gasteiger partial charge in [0.1, 0.15) is 22.7 Å². The van der Waals surface area contributed by atoms with Crippen LogP contribution < -0.4 is 10.1 Å². The molecule has 0 bridgehead atoms. The van der Waals surface area contributed by atoms with Gasteiger partial charge in [-0.25, -0.2) is 9.97 Å². The number of nitrogens with one attached hydrogen (secondary N) is 2. The number of thiophene rings is 1. The molecule has 3 N–H and O–H groups in total. The number of ether oxygens (including phenoxy) is 1. The number of hydrogen-bond acceptors (Lipinski definition) is 7. The number of hydrogen-bond donors (Lipinski definition) is 3. The monoisotopic (exact) mass is 451 g/mol. The fourth-order valence-electron chi connectivity index (χ4n) is 4.03. The van der Waals surface area contributed by atoms with E-state index in [9.17, 15) is 9.90 Å². The summed E-state index contributed by atoms with van der Waals surface area (Å²) in [5.41, 5.74) is 2.88. The largest absolute Gasteiger partial charge is 0.491 e. The molecule has 0 aliphatic heterocycles. The number of aromatic nitrogens is 4. The van der Waals surface area contributed by atoms with Crippen molar-refractivity contribution in [3.05, 3.63) is 35.1 Å². The molecule has 1 unspecified atom stereocenters. The Labute approximate surface area is 189 Å². The third-order valence-corrected chi connectivity index (χ3v) is 6.81. The number of fused-ring (bicyclic) bond motifs is 4. The molecule has 0 amide bonds. The van der Waals surface area contributed by atoms with Crippen molar-refractivity contribution < 1.29 is 14.6 Å². The van der Waals surface area contributed by atoms with Gasteiger partial charge in [-0.05, 0) is 36.3 Å². The first-order valence-electron chi connectivity index (χ1n) is 10.6. The van der Waals surface area contributed by atoms with E-state index >= 15 is 0 Å². The average molecular weight is 452 g/mol. The molecular weight excluding hydrogens is 426 g/mol. The highest BCUT2D eigenvalue weighted by Crippen LogP contribution is 2.41. The Morgan fingerprint density at radius 2 is 2.19 bits per heavy atom. The summed E-state index contributed by atoms with van der Waals surface area (Å²) >= 11 is 1.57. The van der Waals surface area contributed by atoms with Crippen molar-refractivity contribution in [1.82, 2.24) is 20.2 Å². The van der Waals surface area contributed by atoms with E-state index in [1.165, 1.54) is 0 Å². The van der Waals surface area contributed by atoms with Gasteiger partial charge in [0.25, 0.3) is 0 Å². The minimum Gasteiger partial charge on any atom is -0.491 e. The quantitative estimate of drug-likeness (QED) is 0.394. The summed E-state index contributed by atoms with van der Waals surface area (Å²) in [5, 5.41) is 22.0. The fraction of sp³-hybridized carbons (Fsp3) is 0.391. The molecule has 0 spiro atoms. The molecule has 3 heterocycles. The molecule has 32 heavy (non-hydrogen) atoms. The summed E-state index contributed by atoms with van der Waals surface area (Å²) in [6.07, 6.45) is 5.22. The summed E-state index contributed by atoms with van der Waals surface area (Å²) < 4.78 is 6.18. The van der Waals surface area contributed by atoms with Gasteiger partial charge in [-0.1, -0.05) is 20.8 Å². The molecule has 166 valence electrons. The van der Waals surface area contributed by atoms with Gasteiger partial charge in [-0.3, -0.25) is 9.89 Å². The Kier molecular flexibility index (Phi) is 5.00. The third kappa shape index (κ3) is 3.88. The fourth-order valence-corrected chi connectivity index (χ4v) is 5.29. The molecule has 8 nitrogen and oxygen atoms in total. The maximum atomic E-state index is 11.5. The van der Waals surface area contributed by atoms with Crippen LogP contribution in [0.25, 0.3) is 21.1 Å². The summed E-state index contributed by atoms with van der Waals surface area (Å²) in [6.45, 7) is 6.95. The number of aromatic amines is 1. The first kappa shape index (κ1) is 20.7. The van der Waals surface area contributed by atoms with Crippen LogP contribution in [0.5, 0.6) is 5.75 Å². The topological polar surface area (TPSA) is 113 Å². The van der Waals surface area contributed by atoms with E-state index < -0.39 is 5.97 Å². The molecule has 1 aromatic carbocycles. The number of carbonyl (C=O) groups is 1. The van der Waals surface area contributed by atoms with Crippen LogP contribution in [-0.2, 0) is 17.6 Å². The van der Waals surface area contributed by atoms with Gasteiger partial charge in [-0.2, -0.15) is 5.10 Å². The number of carboxylic acids is 1. The minimum absolute atomic E-state index is 0.00943. The summed E-state index contributed by atoms with van der Waals surface area (Å²) in [5.74, 6) is 0.371. The van der Waals surface area contributed by atoms with Crippen molar-refractivity contribution in [3.63, 3.8) is 0 Å². The Morgan fingerprint density at radius 3 is 2.97 bits per heavy atom. The molecule has 9 heteroatoms. The van der Waals surface area contributed by atoms with E-state index in [-0.39, 0.29) is 11.3 Å². The minimum atomic E-state index is -0.730. The number of anilines is 2. The van der Waals surface area contributed by atoms with Crippen LogP contribution in [0.1, 0.15) is 37.6 Å². The standard InChI is InChI=1S/C23H25N5O3S/c1-23(2,3)10-31-17-8-15-13(9-26-28-15)6-16(17)27-20-19-14-5-4-12(22(29)30)7-18(14)32-21(19)25-11-24-20/h6,8-9,11-12H,4-5,7,10H2,1-3H3,(H,26,28)(H,29,30)(H,24,25,27). The smallest absolute Gasteiger partial charge is 0.306 e. The number of rotatable bonds is 5. The van der Waals surface area contributed by atoms with Crippen molar-refractivity contribution in [2.75, 3.05) is 11.9 Å². The lowest BCUT2D eigenvalue weighted by molar-refractivity contribution is -0.142. The van der Waals surface area contributed by atoms with Crippen LogP contribution in [0.2, 0.25) is 0 Å². The lowest BCUT2D eigenvalue weighted by Gasteiger charge is -2.21. The highest BCUT2D eigenvalue weighted by Gasteiger charge is 2.29. The maximum absolute atomic E-state index is 11.5. The molecule has 4 aromatic rings. The van der Waals surface area contributed by atoms with Gasteiger partial charge < -0.3 is 15.2 Å². The first-order chi connectivity index (χ1) is 15.3. The summed E-state index contributed by atoms with van der Waals surface area (Å²) in [7, 11) is 0. The second kappa shape index (κ2) is 7.74. The molecule has 1 atom stereocenters. The van der Waals surface area contributed by atoms with E-state index in [0.717, 1.165) is 43.0 Å². The SMILES string of the molecule is CC(C)(C)COc1cc2[nH]ncc2cc1Nc1ncnc2sc3c(c12)CCC(C(=O)O)C3. The zero-order valence-electron chi connectivity index (χ0n) is 18.2. The number of nitrogens with zero attached hydrogens (tertiary/aromatic N) is 3. The van der Waals surface area contributed by atoms with Crippen molar-refractivity contribution in [2.45, 2.75) is 40.0 Å². The van der Waals surface area contributed by atoms with Crippen molar-refractivity contribution >= 4 is 49.9 Å². The predicted molar refractivity (Wildman–Crippen MR) is 125 cm³/mol. The van der Waals surface area contributed by atoms with Crippen LogP contribution >= 0.6 is 11.3 Å². The van der Waals surface area contributed by atoms with E-state index in [1.807, 2.05) is 12.1 Å². The van der Waals surface area contributed by atoms with Gasteiger partial charge in [0, 0.05) is 16.3 Å². The molecule has 0 saturated carbocycles. The maximum Gasteiger partial charge on any atom is 0.306 e. The van der Waals surface area contributed by atoms with Crippen molar-refractivity contribution in [1.29, 1.82) is 0 Å². The molecule has 0 saturated heterocycles. The van der Waals surface area contributed by atoms with Gasteiger partial charge >= 0.3 is 5.97 Å². The van der Waals surface area contributed by atoms with Gasteiger partial charge in [-0.15, -0.1) is 11.3 Å². The van der Waals surface area contributed by atoms with Crippen LogP contribution in [0.3, 0.4) is 0 Å². The number of benzene rings is 1. The van der Waals surface area contributed by atoms with Gasteiger partial charge in [0.05, 0.1) is 35.3 Å². The lowest BCUT2D eigenvalue weighted by Crippen LogP contribution is -2.21. The number of carboxylic acid groups (broad SMARTS) is 1. The van der Waals surface area contributed by atoms with E-state index in [0.29, 0.717) is 31.7 Å². The molecule has 1 aliphatic rings. The highest BCUT2D eigenvalue weighted by atomic mass is 32.1. The summed E-state index contributed by atoms with van der Waals surface area (Å²) in [6, 6.07) is 3.96. The Balaban J connectivity index is 1.55. The van der Waals surface area contributed by atoms with Crippen molar-refractivity contribution in [2.24, 2.45) is 11.3 Å². The highest BCUT2D eigenvalue weighted by molar-refractivity contribution is 7.19. The van der Waals surface area contributed by atoms with Gasteiger partial charge in [0.15, 0.2) is 0 Å². The molecule has 0 fully saturated rings. The number of H-pyrrole nitrogens is 1. The normalized spacial score (nSPS) is 16.3. The zero-order chi connectivity index (χ0) is 22.5.